The average molecular weight is 556 g/mol. The van der Waals surface area contributed by atoms with Crippen LogP contribution in [0.1, 0.15) is 47.7 Å². The predicted molar refractivity (Wildman–Crippen MR) is 148 cm³/mol. The normalized spacial score (nSPS) is 15.2. The minimum Gasteiger partial charge on any atom is -0.481 e. The fourth-order valence-corrected chi connectivity index (χ4v) is 5.37. The highest BCUT2D eigenvalue weighted by Gasteiger charge is 2.35. The topological polar surface area (TPSA) is 82.9 Å². The summed E-state index contributed by atoms with van der Waals surface area (Å²) >= 11 is 3.54. The van der Waals surface area contributed by atoms with Crippen LogP contribution in [0.25, 0.3) is 22.0 Å². The summed E-state index contributed by atoms with van der Waals surface area (Å²) in [7, 11) is 0. The van der Waals surface area contributed by atoms with Gasteiger partial charge in [0.2, 0.25) is 5.91 Å². The van der Waals surface area contributed by atoms with Gasteiger partial charge in [-0.05, 0) is 49.2 Å². The summed E-state index contributed by atoms with van der Waals surface area (Å²) in [4.78, 5) is 29.3. The summed E-state index contributed by atoms with van der Waals surface area (Å²) in [6, 6.07) is 23.9. The van der Waals surface area contributed by atoms with E-state index in [9.17, 15) is 9.59 Å². The molecule has 5 rings (SSSR count). The number of rotatable bonds is 6. The summed E-state index contributed by atoms with van der Waals surface area (Å²) in [5, 5.41) is 16.5. The third-order valence-corrected chi connectivity index (χ3v) is 7.12. The van der Waals surface area contributed by atoms with Gasteiger partial charge in [-0.25, -0.2) is 5.01 Å². The number of aryl methyl sites for hydroxylation is 2. The van der Waals surface area contributed by atoms with E-state index in [1.54, 1.807) is 0 Å². The summed E-state index contributed by atoms with van der Waals surface area (Å²) in [6.07, 6.45) is 0.141. The first-order chi connectivity index (χ1) is 17.8. The maximum atomic E-state index is 13.2. The number of hydrogen-bond acceptors (Lipinski definition) is 4. The smallest absolute Gasteiger partial charge is 0.303 e. The Morgan fingerprint density at radius 1 is 0.973 bits per heavy atom. The minimum atomic E-state index is -1.01. The highest BCUT2D eigenvalue weighted by atomic mass is 79.9. The number of hydrogen-bond donors (Lipinski definition) is 1. The fraction of sp³-hybridized carbons (Fsp3) is 0.200. The maximum absolute atomic E-state index is 13.2. The molecule has 7 heteroatoms. The molecule has 0 saturated carbocycles. The van der Waals surface area contributed by atoms with Gasteiger partial charge >= 0.3 is 5.97 Å². The molecule has 1 aliphatic heterocycles. The number of halogens is 1. The highest BCUT2D eigenvalue weighted by molar-refractivity contribution is 9.10. The number of carboxylic acids is 1. The highest BCUT2D eigenvalue weighted by Crippen LogP contribution is 2.40. The summed E-state index contributed by atoms with van der Waals surface area (Å²) < 4.78 is 0.903. The lowest BCUT2D eigenvalue weighted by Gasteiger charge is -2.22. The average Bonchev–Trinajstić information content (AvgIpc) is 3.32. The number of pyridine rings is 1. The van der Waals surface area contributed by atoms with Gasteiger partial charge < -0.3 is 5.11 Å². The van der Waals surface area contributed by atoms with Crippen LogP contribution in [0.15, 0.2) is 82.4 Å². The van der Waals surface area contributed by atoms with Crippen LogP contribution in [0.4, 0.5) is 0 Å². The zero-order chi connectivity index (χ0) is 26.1. The van der Waals surface area contributed by atoms with Gasteiger partial charge in [0.25, 0.3) is 0 Å². The van der Waals surface area contributed by atoms with Crippen molar-refractivity contribution < 1.29 is 14.7 Å². The minimum absolute atomic E-state index is 0.115. The predicted octanol–water partition coefficient (Wildman–Crippen LogP) is 6.82. The van der Waals surface area contributed by atoms with E-state index in [1.165, 1.54) is 5.01 Å². The number of aromatic nitrogens is 1. The van der Waals surface area contributed by atoms with Gasteiger partial charge in [0.15, 0.2) is 0 Å². The Kier molecular flexibility index (Phi) is 6.89. The van der Waals surface area contributed by atoms with Crippen molar-refractivity contribution in [2.45, 2.75) is 39.2 Å². The molecule has 6 nitrogen and oxygen atoms in total. The van der Waals surface area contributed by atoms with Crippen molar-refractivity contribution in [1.82, 2.24) is 9.99 Å². The second-order valence-electron chi connectivity index (χ2n) is 9.29. The van der Waals surface area contributed by atoms with E-state index in [4.69, 9.17) is 15.2 Å². The Bertz CT molecular complexity index is 1550. The first kappa shape index (κ1) is 24.8. The number of amides is 1. The first-order valence-corrected chi connectivity index (χ1v) is 12.9. The third-order valence-electron chi connectivity index (χ3n) is 6.62. The van der Waals surface area contributed by atoms with Crippen LogP contribution in [0, 0.1) is 13.8 Å². The van der Waals surface area contributed by atoms with Crippen molar-refractivity contribution in [2.24, 2.45) is 5.10 Å². The Hall–Kier alpha value is -3.84. The van der Waals surface area contributed by atoms with Gasteiger partial charge in [-0.1, -0.05) is 70.0 Å². The second-order valence-corrected chi connectivity index (χ2v) is 10.2. The van der Waals surface area contributed by atoms with Crippen LogP contribution >= 0.6 is 15.9 Å². The number of fused-ring (bicyclic) bond motifs is 1. The first-order valence-electron chi connectivity index (χ1n) is 12.2. The van der Waals surface area contributed by atoms with Crippen LogP contribution in [0.2, 0.25) is 0 Å². The van der Waals surface area contributed by atoms with Crippen molar-refractivity contribution in [3.05, 3.63) is 99.7 Å². The van der Waals surface area contributed by atoms with Crippen molar-refractivity contribution in [3.63, 3.8) is 0 Å². The molecule has 186 valence electrons. The van der Waals surface area contributed by atoms with Crippen molar-refractivity contribution in [3.8, 4) is 11.1 Å². The zero-order valence-electron chi connectivity index (χ0n) is 20.6. The molecule has 1 aromatic heterocycles. The molecule has 0 bridgehead atoms. The van der Waals surface area contributed by atoms with Crippen LogP contribution in [-0.2, 0) is 9.59 Å². The molecule has 1 aliphatic rings. The Labute approximate surface area is 223 Å². The number of hydrazone groups is 1. The molecule has 1 atom stereocenters. The van der Waals surface area contributed by atoms with Crippen LogP contribution in [-0.4, -0.2) is 32.7 Å². The number of carbonyl (C=O) groups excluding carboxylic acids is 1. The van der Waals surface area contributed by atoms with E-state index in [0.29, 0.717) is 6.42 Å². The van der Waals surface area contributed by atoms with Crippen molar-refractivity contribution in [1.29, 1.82) is 0 Å². The SMILES string of the molecule is Cc1ccc2nc(C)c(C3=NN(C(=O)CCC(=O)O)[C@H](c4cccc(Br)c4)C3)c(-c3ccccc3)c2c1. The Morgan fingerprint density at radius 2 is 1.76 bits per heavy atom. The number of carboxylic acid groups (broad SMARTS) is 1. The molecule has 37 heavy (non-hydrogen) atoms. The molecule has 0 unspecified atom stereocenters. The van der Waals surface area contributed by atoms with E-state index in [1.807, 2.05) is 55.5 Å². The Balaban J connectivity index is 1.69. The van der Waals surface area contributed by atoms with Gasteiger partial charge in [-0.15, -0.1) is 0 Å². The molecule has 0 radical (unpaired) electrons. The van der Waals surface area contributed by atoms with E-state index >= 15 is 0 Å². The zero-order valence-corrected chi connectivity index (χ0v) is 22.2. The molecule has 4 aromatic rings. The van der Waals surface area contributed by atoms with Gasteiger partial charge in [0.1, 0.15) is 0 Å². The van der Waals surface area contributed by atoms with Crippen LogP contribution < -0.4 is 0 Å². The standard InChI is InChI=1S/C30H26BrN3O3/c1-18-11-12-24-23(15-18)30(20-7-4-3-5-8-20)29(19(2)32-24)25-17-26(21-9-6-10-22(31)16-21)34(33-25)27(35)13-14-28(36)37/h3-12,15-16,26H,13-14,17H2,1-2H3,(H,36,37)/t26-/m0/s1. The van der Waals surface area contributed by atoms with Gasteiger partial charge in [-0.2, -0.15) is 5.10 Å². The third kappa shape index (κ3) is 5.04. The number of benzene rings is 3. The molecular weight excluding hydrogens is 530 g/mol. The van der Waals surface area contributed by atoms with E-state index in [0.717, 1.165) is 54.6 Å². The van der Waals surface area contributed by atoms with E-state index in [2.05, 4.69) is 47.1 Å². The molecule has 0 spiro atoms. The molecule has 0 fully saturated rings. The number of aliphatic carboxylic acids is 1. The van der Waals surface area contributed by atoms with Gasteiger partial charge in [0, 0.05) is 39.5 Å². The van der Waals surface area contributed by atoms with E-state index < -0.39 is 5.97 Å². The molecular formula is C30H26BrN3O3. The molecule has 3 aromatic carbocycles. The summed E-state index contributed by atoms with van der Waals surface area (Å²) in [5.41, 5.74) is 7.57. The molecule has 1 N–H and O–H groups in total. The fourth-order valence-electron chi connectivity index (χ4n) is 4.95. The van der Waals surface area contributed by atoms with Crippen molar-refractivity contribution in [2.75, 3.05) is 0 Å². The van der Waals surface area contributed by atoms with Gasteiger partial charge in [0.05, 0.1) is 23.7 Å². The number of carbonyl (C=O) groups is 2. The van der Waals surface area contributed by atoms with Gasteiger partial charge in [-0.3, -0.25) is 14.6 Å². The second kappa shape index (κ2) is 10.3. The molecule has 2 heterocycles. The maximum Gasteiger partial charge on any atom is 0.303 e. The van der Waals surface area contributed by atoms with Crippen molar-refractivity contribution >= 4 is 44.4 Å². The largest absolute Gasteiger partial charge is 0.481 e. The van der Waals surface area contributed by atoms with E-state index in [-0.39, 0.29) is 24.8 Å². The lowest BCUT2D eigenvalue weighted by Crippen LogP contribution is -2.27. The lowest BCUT2D eigenvalue weighted by molar-refractivity contribution is -0.141. The Morgan fingerprint density at radius 3 is 2.49 bits per heavy atom. The molecule has 0 aliphatic carbocycles. The summed E-state index contributed by atoms with van der Waals surface area (Å²) in [6.45, 7) is 4.04. The lowest BCUT2D eigenvalue weighted by atomic mass is 9.89. The molecule has 1 amide bonds. The van der Waals surface area contributed by atoms with Crippen LogP contribution in [0.5, 0.6) is 0 Å². The monoisotopic (exact) mass is 555 g/mol. The molecule has 0 saturated heterocycles. The quantitative estimate of drug-likeness (QED) is 0.283. The van der Waals surface area contributed by atoms with Crippen LogP contribution in [0.3, 0.4) is 0 Å². The number of nitrogens with zero attached hydrogens (tertiary/aromatic N) is 3. The summed E-state index contributed by atoms with van der Waals surface area (Å²) in [5.74, 6) is -1.32.